The summed E-state index contributed by atoms with van der Waals surface area (Å²) in [5.74, 6) is 0.632. The summed E-state index contributed by atoms with van der Waals surface area (Å²) in [6, 6.07) is 21.8. The Morgan fingerprint density at radius 3 is 2.44 bits per heavy atom. The molecule has 0 fully saturated rings. The van der Waals surface area contributed by atoms with Gasteiger partial charge in [-0.2, -0.15) is 0 Å². The first-order valence-corrected chi connectivity index (χ1v) is 11.7. The second-order valence-electron chi connectivity index (χ2n) is 7.78. The molecule has 4 rings (SSSR count). The zero-order chi connectivity index (χ0) is 24.1. The quantitative estimate of drug-likeness (QED) is 0.355. The van der Waals surface area contributed by atoms with Gasteiger partial charge in [-0.05, 0) is 55.8 Å². The average Bonchev–Trinajstić information content (AvgIpc) is 3.26. The summed E-state index contributed by atoms with van der Waals surface area (Å²) in [5.41, 5.74) is 3.21. The summed E-state index contributed by atoms with van der Waals surface area (Å²) in [5, 5.41) is 11.6. The van der Waals surface area contributed by atoms with E-state index in [1.165, 1.54) is 17.8 Å². The number of hydrogen-bond donors (Lipinski definition) is 1. The zero-order valence-electron chi connectivity index (χ0n) is 19.2. The second kappa shape index (κ2) is 10.5. The van der Waals surface area contributed by atoms with Gasteiger partial charge in [0.15, 0.2) is 11.0 Å². The summed E-state index contributed by atoms with van der Waals surface area (Å²) in [6.45, 7) is 4.21. The highest BCUT2D eigenvalue weighted by Gasteiger charge is 2.23. The van der Waals surface area contributed by atoms with Crippen molar-refractivity contribution in [2.24, 2.45) is 0 Å². The molecule has 1 aromatic heterocycles. The number of amides is 1. The van der Waals surface area contributed by atoms with E-state index < -0.39 is 5.25 Å². The lowest BCUT2D eigenvalue weighted by molar-refractivity contribution is -0.120. The Hall–Kier alpha value is -3.65. The Morgan fingerprint density at radius 2 is 1.76 bits per heavy atom. The number of thioether (sulfide) groups is 1. The SMILES string of the molecule is COc1ccc(CNC(=O)C(C)Sc2nnc(-c3ccccc3F)n2-c2ccc(C)cc2)cc1. The second-order valence-corrected chi connectivity index (χ2v) is 9.09. The van der Waals surface area contributed by atoms with Gasteiger partial charge in [0.2, 0.25) is 5.91 Å². The number of ether oxygens (including phenoxy) is 1. The van der Waals surface area contributed by atoms with Crippen molar-refractivity contribution < 1.29 is 13.9 Å². The number of methoxy groups -OCH3 is 1. The molecule has 3 aromatic carbocycles. The molecule has 0 aliphatic carbocycles. The first-order valence-electron chi connectivity index (χ1n) is 10.8. The summed E-state index contributed by atoms with van der Waals surface area (Å²) >= 11 is 1.27. The molecule has 1 unspecified atom stereocenters. The number of aryl methyl sites for hydroxylation is 1. The van der Waals surface area contributed by atoms with Crippen LogP contribution in [0.2, 0.25) is 0 Å². The number of nitrogens with one attached hydrogen (secondary N) is 1. The minimum atomic E-state index is -0.444. The molecule has 4 aromatic rings. The zero-order valence-corrected chi connectivity index (χ0v) is 20.0. The maximum atomic E-state index is 14.6. The van der Waals surface area contributed by atoms with Gasteiger partial charge < -0.3 is 10.1 Å². The predicted octanol–water partition coefficient (Wildman–Crippen LogP) is 5.19. The maximum absolute atomic E-state index is 14.6. The summed E-state index contributed by atoms with van der Waals surface area (Å²) in [4.78, 5) is 12.8. The lowest BCUT2D eigenvalue weighted by Crippen LogP contribution is -2.30. The highest BCUT2D eigenvalue weighted by atomic mass is 32.2. The van der Waals surface area contributed by atoms with Gasteiger partial charge in [0, 0.05) is 12.2 Å². The first-order chi connectivity index (χ1) is 16.5. The monoisotopic (exact) mass is 476 g/mol. The molecule has 34 heavy (non-hydrogen) atoms. The number of carbonyl (C=O) groups excluding carboxylic acids is 1. The van der Waals surface area contributed by atoms with Crippen LogP contribution in [0.3, 0.4) is 0 Å². The van der Waals surface area contributed by atoms with Crippen LogP contribution in [0.5, 0.6) is 5.75 Å². The van der Waals surface area contributed by atoms with Crippen LogP contribution in [-0.2, 0) is 11.3 Å². The Labute approximate surface area is 202 Å². The van der Waals surface area contributed by atoms with Gasteiger partial charge in [-0.25, -0.2) is 4.39 Å². The van der Waals surface area contributed by atoms with Crippen LogP contribution in [0.15, 0.2) is 78.0 Å². The molecule has 1 N–H and O–H groups in total. The van der Waals surface area contributed by atoms with Crippen LogP contribution >= 0.6 is 11.8 Å². The number of aromatic nitrogens is 3. The molecule has 8 heteroatoms. The van der Waals surface area contributed by atoms with Crippen LogP contribution in [0, 0.1) is 12.7 Å². The highest BCUT2D eigenvalue weighted by Crippen LogP contribution is 2.31. The number of halogens is 1. The lowest BCUT2D eigenvalue weighted by atomic mass is 10.2. The third-order valence-corrected chi connectivity index (χ3v) is 6.36. The van der Waals surface area contributed by atoms with Crippen molar-refractivity contribution in [2.45, 2.75) is 30.8 Å². The van der Waals surface area contributed by atoms with Gasteiger partial charge >= 0.3 is 0 Å². The fraction of sp³-hybridized carbons (Fsp3) is 0.192. The van der Waals surface area contributed by atoms with Gasteiger partial charge in [-0.15, -0.1) is 10.2 Å². The van der Waals surface area contributed by atoms with Crippen molar-refractivity contribution in [3.63, 3.8) is 0 Å². The molecule has 1 amide bonds. The molecular weight excluding hydrogens is 451 g/mol. The highest BCUT2D eigenvalue weighted by molar-refractivity contribution is 8.00. The van der Waals surface area contributed by atoms with E-state index in [2.05, 4.69) is 15.5 Å². The van der Waals surface area contributed by atoms with E-state index in [9.17, 15) is 9.18 Å². The Morgan fingerprint density at radius 1 is 1.06 bits per heavy atom. The van der Waals surface area contributed by atoms with E-state index in [1.807, 2.05) is 62.4 Å². The van der Waals surface area contributed by atoms with Crippen LogP contribution in [0.4, 0.5) is 4.39 Å². The van der Waals surface area contributed by atoms with Crippen LogP contribution < -0.4 is 10.1 Å². The van der Waals surface area contributed by atoms with Crippen molar-refractivity contribution in [3.8, 4) is 22.8 Å². The molecule has 0 aliphatic heterocycles. The van der Waals surface area contributed by atoms with Gasteiger partial charge in [-0.1, -0.05) is 53.7 Å². The van der Waals surface area contributed by atoms with Crippen LogP contribution in [-0.4, -0.2) is 33.0 Å². The minimum Gasteiger partial charge on any atom is -0.497 e. The van der Waals surface area contributed by atoms with Gasteiger partial charge in [0.1, 0.15) is 11.6 Å². The molecule has 1 heterocycles. The summed E-state index contributed by atoms with van der Waals surface area (Å²) in [6.07, 6.45) is 0. The van der Waals surface area contributed by atoms with Crippen molar-refractivity contribution in [1.29, 1.82) is 0 Å². The van der Waals surface area contributed by atoms with Crippen molar-refractivity contribution in [2.75, 3.05) is 7.11 Å². The number of nitrogens with zero attached hydrogens (tertiary/aromatic N) is 3. The third-order valence-electron chi connectivity index (χ3n) is 5.32. The molecule has 0 radical (unpaired) electrons. The molecular formula is C26H25FN4O2S. The van der Waals surface area contributed by atoms with E-state index in [4.69, 9.17) is 4.74 Å². The van der Waals surface area contributed by atoms with Gasteiger partial charge in [0.25, 0.3) is 0 Å². The molecule has 6 nitrogen and oxygen atoms in total. The molecule has 0 saturated carbocycles. The molecule has 0 spiro atoms. The third kappa shape index (κ3) is 5.28. The van der Waals surface area contributed by atoms with Crippen molar-refractivity contribution in [1.82, 2.24) is 20.1 Å². The van der Waals surface area contributed by atoms with Gasteiger partial charge in [0.05, 0.1) is 17.9 Å². The van der Waals surface area contributed by atoms with E-state index in [0.717, 1.165) is 22.6 Å². The van der Waals surface area contributed by atoms with Crippen molar-refractivity contribution in [3.05, 3.63) is 89.7 Å². The fourth-order valence-electron chi connectivity index (χ4n) is 3.38. The minimum absolute atomic E-state index is 0.133. The van der Waals surface area contributed by atoms with Crippen molar-refractivity contribution >= 4 is 17.7 Å². The smallest absolute Gasteiger partial charge is 0.233 e. The molecule has 174 valence electrons. The topological polar surface area (TPSA) is 69.0 Å². The van der Waals surface area contributed by atoms with E-state index >= 15 is 0 Å². The maximum Gasteiger partial charge on any atom is 0.233 e. The number of hydrogen-bond acceptors (Lipinski definition) is 5. The molecule has 0 bridgehead atoms. The number of carbonyl (C=O) groups is 1. The van der Waals surface area contributed by atoms with Crippen LogP contribution in [0.1, 0.15) is 18.1 Å². The molecule has 1 atom stereocenters. The van der Waals surface area contributed by atoms with Crippen LogP contribution in [0.25, 0.3) is 17.1 Å². The van der Waals surface area contributed by atoms with E-state index in [-0.39, 0.29) is 11.7 Å². The summed E-state index contributed by atoms with van der Waals surface area (Å²) in [7, 11) is 1.61. The molecule has 0 saturated heterocycles. The van der Waals surface area contributed by atoms with E-state index in [1.54, 1.807) is 29.9 Å². The van der Waals surface area contributed by atoms with Gasteiger partial charge in [-0.3, -0.25) is 9.36 Å². The number of benzene rings is 3. The largest absolute Gasteiger partial charge is 0.497 e. The lowest BCUT2D eigenvalue weighted by Gasteiger charge is -2.14. The fourth-order valence-corrected chi connectivity index (χ4v) is 4.27. The average molecular weight is 477 g/mol. The van der Waals surface area contributed by atoms with E-state index in [0.29, 0.717) is 23.1 Å². The standard InChI is InChI=1S/C26H25FN4O2S/c1-17-8-12-20(13-9-17)31-24(22-6-4-5-7-23(22)27)29-30-26(31)34-18(2)25(32)28-16-19-10-14-21(33-3)15-11-19/h4-15,18H,16H2,1-3H3,(H,28,32). The Kier molecular flexibility index (Phi) is 7.27. The first kappa shape index (κ1) is 23.5. The Balaban J connectivity index is 1.56. The Bertz CT molecular complexity index is 1270. The normalized spacial score (nSPS) is 11.8. The predicted molar refractivity (Wildman–Crippen MR) is 132 cm³/mol. The summed E-state index contributed by atoms with van der Waals surface area (Å²) < 4.78 is 21.5. The number of rotatable bonds is 8. The molecule has 0 aliphatic rings.